The number of likely N-dealkylation sites (tertiary alicyclic amines) is 1. The number of nitrogens with zero attached hydrogens (tertiary/aromatic N) is 2. The minimum atomic E-state index is -0.153. The van der Waals surface area contributed by atoms with Crippen molar-refractivity contribution in [3.63, 3.8) is 0 Å². The summed E-state index contributed by atoms with van der Waals surface area (Å²) in [5, 5.41) is 0.847. The summed E-state index contributed by atoms with van der Waals surface area (Å²) in [6, 6.07) is 3.76. The zero-order chi connectivity index (χ0) is 13.2. The maximum atomic E-state index is 11.9. The summed E-state index contributed by atoms with van der Waals surface area (Å²) in [4.78, 5) is 18.9. The van der Waals surface area contributed by atoms with Crippen molar-refractivity contribution < 1.29 is 9.21 Å². The van der Waals surface area contributed by atoms with Gasteiger partial charge in [0, 0.05) is 19.2 Å². The molecular formula is C14H16N2O2S. The number of furan rings is 1. The molecule has 19 heavy (non-hydrogen) atoms. The molecule has 0 atom stereocenters. The van der Waals surface area contributed by atoms with Crippen molar-refractivity contribution in [2.75, 3.05) is 13.1 Å². The Labute approximate surface area is 116 Å². The molecule has 0 aromatic carbocycles. The molecule has 0 radical (unpaired) electrons. The lowest BCUT2D eigenvalue weighted by atomic mass is 10.1. The average Bonchev–Trinajstić information content (AvgIpc) is 2.98. The molecule has 3 rings (SSSR count). The van der Waals surface area contributed by atoms with Crippen molar-refractivity contribution in [1.29, 1.82) is 0 Å². The van der Waals surface area contributed by atoms with Crippen LogP contribution in [0.2, 0.25) is 0 Å². The number of aryl methyl sites for hydroxylation is 1. The summed E-state index contributed by atoms with van der Waals surface area (Å²) in [5.74, 6) is 1.41. The van der Waals surface area contributed by atoms with E-state index < -0.39 is 0 Å². The van der Waals surface area contributed by atoms with Crippen molar-refractivity contribution in [1.82, 2.24) is 4.90 Å². The van der Waals surface area contributed by atoms with Crippen LogP contribution in [0.1, 0.15) is 30.8 Å². The molecule has 0 unspecified atom stereocenters. The highest BCUT2D eigenvalue weighted by Crippen LogP contribution is 2.31. The molecule has 2 aliphatic heterocycles. The molecule has 4 nitrogen and oxygen atoms in total. The molecule has 100 valence electrons. The van der Waals surface area contributed by atoms with Gasteiger partial charge in [-0.05, 0) is 50.1 Å². The Morgan fingerprint density at radius 3 is 2.79 bits per heavy atom. The normalized spacial score (nSPS) is 22.2. The monoisotopic (exact) mass is 276 g/mol. The maximum absolute atomic E-state index is 11.9. The molecule has 1 amide bonds. The zero-order valence-electron chi connectivity index (χ0n) is 10.9. The Morgan fingerprint density at radius 2 is 2.11 bits per heavy atom. The maximum Gasteiger partial charge on any atom is 0.286 e. The third kappa shape index (κ3) is 2.76. The Bertz CT molecular complexity index is 554. The van der Waals surface area contributed by atoms with E-state index in [9.17, 15) is 4.79 Å². The van der Waals surface area contributed by atoms with Crippen molar-refractivity contribution >= 4 is 28.9 Å². The number of aliphatic imine (C=N–C) groups is 1. The molecule has 1 fully saturated rings. The molecule has 3 heterocycles. The highest BCUT2D eigenvalue weighted by atomic mass is 32.2. The van der Waals surface area contributed by atoms with Crippen LogP contribution in [0.5, 0.6) is 0 Å². The number of rotatable bonds is 1. The quantitative estimate of drug-likeness (QED) is 0.740. The number of hydrogen-bond donors (Lipinski definition) is 0. The molecule has 0 bridgehead atoms. The van der Waals surface area contributed by atoms with Gasteiger partial charge in [0.25, 0.3) is 5.91 Å². The molecule has 5 heteroatoms. The van der Waals surface area contributed by atoms with Gasteiger partial charge in [0.05, 0.1) is 4.91 Å². The van der Waals surface area contributed by atoms with E-state index in [0.29, 0.717) is 10.7 Å². The van der Waals surface area contributed by atoms with E-state index in [1.165, 1.54) is 31.0 Å². The van der Waals surface area contributed by atoms with E-state index >= 15 is 0 Å². The van der Waals surface area contributed by atoms with Gasteiger partial charge in [-0.2, -0.15) is 4.99 Å². The second kappa shape index (κ2) is 5.25. The van der Waals surface area contributed by atoms with E-state index in [1.807, 2.05) is 19.1 Å². The minimum absolute atomic E-state index is 0.153. The van der Waals surface area contributed by atoms with Crippen LogP contribution in [-0.4, -0.2) is 29.1 Å². The number of amides is 1. The molecule has 1 saturated heterocycles. The summed E-state index contributed by atoms with van der Waals surface area (Å²) >= 11 is 1.46. The largest absolute Gasteiger partial charge is 0.462 e. The third-order valence-electron chi connectivity index (χ3n) is 3.27. The first-order valence-electron chi connectivity index (χ1n) is 6.56. The summed E-state index contributed by atoms with van der Waals surface area (Å²) in [5.41, 5.74) is 0. The van der Waals surface area contributed by atoms with E-state index in [-0.39, 0.29) is 5.91 Å². The molecule has 1 aromatic rings. The van der Waals surface area contributed by atoms with Crippen LogP contribution in [0.15, 0.2) is 26.4 Å². The SMILES string of the molecule is Cc1ccc(/C=C2/SC(N3CCCCC3)=NC2=O)o1. The number of hydrogen-bond acceptors (Lipinski definition) is 4. The predicted molar refractivity (Wildman–Crippen MR) is 76.9 cm³/mol. The van der Waals surface area contributed by atoms with Gasteiger partial charge in [0.15, 0.2) is 5.17 Å². The van der Waals surface area contributed by atoms with Gasteiger partial charge in [-0.15, -0.1) is 0 Å². The molecular weight excluding hydrogens is 260 g/mol. The van der Waals surface area contributed by atoms with Gasteiger partial charge in [0.2, 0.25) is 0 Å². The van der Waals surface area contributed by atoms with E-state index in [2.05, 4.69) is 9.89 Å². The summed E-state index contributed by atoms with van der Waals surface area (Å²) < 4.78 is 5.47. The standard InChI is InChI=1S/C14H16N2O2S/c1-10-5-6-11(18-10)9-12-13(17)15-14(19-12)16-7-3-2-4-8-16/h5-6,9H,2-4,7-8H2,1H3/b12-9+. The second-order valence-electron chi connectivity index (χ2n) is 4.81. The van der Waals surface area contributed by atoms with Crippen molar-refractivity contribution in [3.05, 3.63) is 28.6 Å². The summed E-state index contributed by atoms with van der Waals surface area (Å²) in [6.07, 6.45) is 5.42. The first-order valence-corrected chi connectivity index (χ1v) is 7.38. The molecule has 2 aliphatic rings. The number of piperidine rings is 1. The second-order valence-corrected chi connectivity index (χ2v) is 5.82. The smallest absolute Gasteiger partial charge is 0.286 e. The van der Waals surface area contributed by atoms with E-state index in [4.69, 9.17) is 4.42 Å². The first kappa shape index (κ1) is 12.5. The molecule has 0 saturated carbocycles. The third-order valence-corrected chi connectivity index (χ3v) is 4.31. The van der Waals surface area contributed by atoms with Crippen LogP contribution in [0.25, 0.3) is 6.08 Å². The fraction of sp³-hybridized carbons (Fsp3) is 0.429. The number of carbonyl (C=O) groups is 1. The average molecular weight is 276 g/mol. The molecule has 0 aliphatic carbocycles. The minimum Gasteiger partial charge on any atom is -0.462 e. The Balaban J connectivity index is 1.74. The van der Waals surface area contributed by atoms with Crippen LogP contribution in [0, 0.1) is 6.92 Å². The van der Waals surface area contributed by atoms with Crippen LogP contribution in [-0.2, 0) is 4.79 Å². The summed E-state index contributed by atoms with van der Waals surface area (Å²) in [6.45, 7) is 3.90. The highest BCUT2D eigenvalue weighted by Gasteiger charge is 2.27. The zero-order valence-corrected chi connectivity index (χ0v) is 11.7. The molecule has 0 spiro atoms. The Kier molecular flexibility index (Phi) is 3.46. The topological polar surface area (TPSA) is 45.8 Å². The van der Waals surface area contributed by atoms with Gasteiger partial charge in [-0.25, -0.2) is 0 Å². The number of thioether (sulfide) groups is 1. The predicted octanol–water partition coefficient (Wildman–Crippen LogP) is 3.04. The molecule has 0 N–H and O–H groups in total. The van der Waals surface area contributed by atoms with Gasteiger partial charge in [-0.3, -0.25) is 4.79 Å². The van der Waals surface area contributed by atoms with E-state index in [1.54, 1.807) is 6.08 Å². The van der Waals surface area contributed by atoms with Crippen molar-refractivity contribution in [2.24, 2.45) is 4.99 Å². The van der Waals surface area contributed by atoms with Gasteiger partial charge in [0.1, 0.15) is 11.5 Å². The van der Waals surface area contributed by atoms with E-state index in [0.717, 1.165) is 24.0 Å². The summed E-state index contributed by atoms with van der Waals surface area (Å²) in [7, 11) is 0. The molecule has 1 aromatic heterocycles. The Morgan fingerprint density at radius 1 is 1.32 bits per heavy atom. The van der Waals surface area contributed by atoms with Crippen LogP contribution in [0.4, 0.5) is 0 Å². The highest BCUT2D eigenvalue weighted by molar-refractivity contribution is 8.18. The fourth-order valence-corrected chi connectivity index (χ4v) is 3.22. The number of amidine groups is 1. The lowest BCUT2D eigenvalue weighted by Gasteiger charge is -2.27. The van der Waals surface area contributed by atoms with Crippen LogP contribution >= 0.6 is 11.8 Å². The first-order chi connectivity index (χ1) is 9.22. The lowest BCUT2D eigenvalue weighted by Crippen LogP contribution is -2.33. The van der Waals surface area contributed by atoms with Crippen LogP contribution < -0.4 is 0 Å². The van der Waals surface area contributed by atoms with Crippen molar-refractivity contribution in [3.8, 4) is 0 Å². The van der Waals surface area contributed by atoms with Crippen molar-refractivity contribution in [2.45, 2.75) is 26.2 Å². The lowest BCUT2D eigenvalue weighted by molar-refractivity contribution is -0.113. The fourth-order valence-electron chi connectivity index (χ4n) is 2.28. The van der Waals surface area contributed by atoms with Crippen LogP contribution in [0.3, 0.4) is 0 Å². The Hall–Kier alpha value is -1.49. The van der Waals surface area contributed by atoms with Gasteiger partial charge in [-0.1, -0.05) is 0 Å². The number of carbonyl (C=O) groups excluding carboxylic acids is 1. The van der Waals surface area contributed by atoms with Gasteiger partial charge < -0.3 is 9.32 Å². The van der Waals surface area contributed by atoms with Gasteiger partial charge >= 0.3 is 0 Å².